The van der Waals surface area contributed by atoms with Gasteiger partial charge in [-0.2, -0.15) is 26.3 Å². The summed E-state index contributed by atoms with van der Waals surface area (Å²) < 4.78 is 84.4. The van der Waals surface area contributed by atoms with Crippen molar-refractivity contribution in [3.05, 3.63) is 93.7 Å². The van der Waals surface area contributed by atoms with E-state index in [9.17, 15) is 26.3 Å². The maximum absolute atomic E-state index is 14.1. The van der Waals surface area contributed by atoms with Gasteiger partial charge < -0.3 is 0 Å². The lowest BCUT2D eigenvalue weighted by atomic mass is 9.96. The molecule has 180 valence electrons. The predicted octanol–water partition coefficient (Wildman–Crippen LogP) is 10.3. The maximum Gasteiger partial charge on any atom is 0.426 e. The first-order valence-corrected chi connectivity index (χ1v) is 12.5. The van der Waals surface area contributed by atoms with Gasteiger partial charge in [-0.05, 0) is 53.7 Å². The number of allylic oxidation sites excluding steroid dienone is 2. The summed E-state index contributed by atoms with van der Waals surface area (Å²) in [5.41, 5.74) is 2.00. The molecule has 35 heavy (non-hydrogen) atoms. The Labute approximate surface area is 206 Å². The molecule has 0 nitrogen and oxygen atoms in total. The van der Waals surface area contributed by atoms with Gasteiger partial charge in [0.1, 0.15) is 9.75 Å². The fraction of sp³-hybridized carbons (Fsp3) is 0.185. The van der Waals surface area contributed by atoms with Gasteiger partial charge in [0.05, 0.1) is 0 Å². The largest absolute Gasteiger partial charge is 0.426 e. The zero-order chi connectivity index (χ0) is 24.8. The molecule has 0 N–H and O–H groups in total. The molecule has 5 rings (SSSR count). The molecule has 0 saturated heterocycles. The monoisotopic (exact) mass is 520 g/mol. The molecule has 8 heteroatoms. The topological polar surface area (TPSA) is 0 Å². The van der Waals surface area contributed by atoms with E-state index in [1.807, 2.05) is 0 Å². The molecule has 0 unspecified atom stereocenters. The fourth-order valence-corrected chi connectivity index (χ4v) is 6.60. The van der Waals surface area contributed by atoms with E-state index in [1.165, 1.54) is 12.1 Å². The fourth-order valence-electron chi connectivity index (χ4n) is 4.48. The van der Waals surface area contributed by atoms with Crippen LogP contribution in [0, 0.1) is 0 Å². The lowest BCUT2D eigenvalue weighted by Crippen LogP contribution is -2.06. The Balaban J connectivity index is 1.71. The normalized spacial score (nSPS) is 14.7. The number of hydrogen-bond acceptors (Lipinski definition) is 2. The van der Waals surface area contributed by atoms with Gasteiger partial charge in [0, 0.05) is 20.9 Å². The van der Waals surface area contributed by atoms with Crippen LogP contribution in [0.5, 0.6) is 0 Å². The van der Waals surface area contributed by atoms with Crippen LogP contribution < -0.4 is 0 Å². The average Bonchev–Trinajstić information content (AvgIpc) is 3.56. The zero-order valence-corrected chi connectivity index (χ0v) is 19.8. The highest BCUT2D eigenvalue weighted by molar-refractivity contribution is 7.16. The van der Waals surface area contributed by atoms with Gasteiger partial charge in [-0.15, -0.1) is 22.7 Å². The van der Waals surface area contributed by atoms with Gasteiger partial charge in [0.25, 0.3) is 0 Å². The van der Waals surface area contributed by atoms with Crippen LogP contribution >= 0.6 is 22.7 Å². The second-order valence-electron chi connectivity index (χ2n) is 8.25. The van der Waals surface area contributed by atoms with Gasteiger partial charge in [0.15, 0.2) is 0 Å². The molecule has 0 atom stereocenters. The smallest absolute Gasteiger partial charge is 0.165 e. The Morgan fingerprint density at radius 3 is 1.26 bits per heavy atom. The van der Waals surface area contributed by atoms with Crippen molar-refractivity contribution in [1.82, 2.24) is 0 Å². The summed E-state index contributed by atoms with van der Waals surface area (Å²) in [6.45, 7) is 0. The lowest BCUT2D eigenvalue weighted by Gasteiger charge is -2.13. The van der Waals surface area contributed by atoms with Crippen LogP contribution in [-0.2, 0) is 12.4 Å². The Hall–Kier alpha value is -2.84. The molecule has 0 amide bonds. The molecule has 2 aromatic carbocycles. The first-order valence-electron chi connectivity index (χ1n) is 10.9. The Morgan fingerprint density at radius 1 is 0.543 bits per heavy atom. The minimum absolute atomic E-state index is 0.00515. The second kappa shape index (κ2) is 8.99. The number of hydrogen-bond donors (Lipinski definition) is 0. The molecule has 2 aromatic heterocycles. The minimum atomic E-state index is -4.61. The Kier molecular flexibility index (Phi) is 6.13. The van der Waals surface area contributed by atoms with Crippen molar-refractivity contribution < 1.29 is 26.3 Å². The molecule has 0 saturated carbocycles. The van der Waals surface area contributed by atoms with E-state index in [1.54, 1.807) is 60.7 Å². The lowest BCUT2D eigenvalue weighted by molar-refractivity contribution is -0.135. The molecule has 0 radical (unpaired) electrons. The summed E-state index contributed by atoms with van der Waals surface area (Å²) in [6, 6.07) is 20.4. The van der Waals surface area contributed by atoms with Crippen LogP contribution in [-0.4, -0.2) is 0 Å². The predicted molar refractivity (Wildman–Crippen MR) is 130 cm³/mol. The Bertz CT molecular complexity index is 1270. The number of rotatable bonds is 4. The molecule has 2 heterocycles. The molecule has 1 aliphatic rings. The zero-order valence-electron chi connectivity index (χ0n) is 18.1. The summed E-state index contributed by atoms with van der Waals surface area (Å²) in [7, 11) is 0. The summed E-state index contributed by atoms with van der Waals surface area (Å²) >= 11 is 1.27. The standard InChI is InChI=1S/C27H18F6S2/c28-26(29,30)24-20(14-22(34-24)16-8-3-1-4-9-16)18-12-7-13-19(18)21-15-23(17-10-5-2-6-11-17)35-25(21)27(31,32)33/h1-6,8-11,14-15H,7,12-13H2. The van der Waals surface area contributed by atoms with Gasteiger partial charge in [-0.1, -0.05) is 60.7 Å². The van der Waals surface area contributed by atoms with Crippen molar-refractivity contribution in [1.29, 1.82) is 0 Å². The maximum atomic E-state index is 14.1. The van der Waals surface area contributed by atoms with Crippen LogP contribution in [0.15, 0.2) is 72.8 Å². The van der Waals surface area contributed by atoms with E-state index < -0.39 is 22.1 Å². The third-order valence-electron chi connectivity index (χ3n) is 5.96. The summed E-state index contributed by atoms with van der Waals surface area (Å²) in [5.74, 6) is 0. The van der Waals surface area contributed by atoms with Crippen LogP contribution in [0.25, 0.3) is 32.0 Å². The minimum Gasteiger partial charge on any atom is -0.165 e. The second-order valence-corrected chi connectivity index (χ2v) is 10.3. The van der Waals surface area contributed by atoms with Crippen LogP contribution in [0.4, 0.5) is 26.3 Å². The molecule has 4 aromatic rings. The highest BCUT2D eigenvalue weighted by atomic mass is 32.1. The highest BCUT2D eigenvalue weighted by Gasteiger charge is 2.41. The van der Waals surface area contributed by atoms with Crippen LogP contribution in [0.1, 0.15) is 40.1 Å². The van der Waals surface area contributed by atoms with E-state index >= 15 is 0 Å². The van der Waals surface area contributed by atoms with Crippen molar-refractivity contribution in [2.24, 2.45) is 0 Å². The van der Waals surface area contributed by atoms with Crippen LogP contribution in [0.3, 0.4) is 0 Å². The number of halogens is 6. The summed E-state index contributed by atoms with van der Waals surface area (Å²) in [6.07, 6.45) is -8.10. The van der Waals surface area contributed by atoms with Crippen molar-refractivity contribution >= 4 is 33.8 Å². The van der Waals surface area contributed by atoms with E-state index in [-0.39, 0.29) is 11.1 Å². The van der Waals surface area contributed by atoms with Crippen molar-refractivity contribution in [3.8, 4) is 20.9 Å². The summed E-state index contributed by atoms with van der Waals surface area (Å²) in [5, 5.41) is 0. The molecule has 0 bridgehead atoms. The van der Waals surface area contributed by atoms with Crippen molar-refractivity contribution in [3.63, 3.8) is 0 Å². The summed E-state index contributed by atoms with van der Waals surface area (Å²) in [4.78, 5) is -0.647. The molecule has 1 aliphatic carbocycles. The van der Waals surface area contributed by atoms with E-state index in [2.05, 4.69) is 0 Å². The molecule has 0 aliphatic heterocycles. The molecule has 0 spiro atoms. The number of alkyl halides is 6. The van der Waals surface area contributed by atoms with Crippen molar-refractivity contribution in [2.45, 2.75) is 31.6 Å². The Morgan fingerprint density at radius 2 is 0.914 bits per heavy atom. The SMILES string of the molecule is FC(F)(F)c1sc(-c2ccccc2)cc1C1=C(c2cc(-c3ccccc3)sc2C(F)(F)F)CCC1. The highest BCUT2D eigenvalue weighted by Crippen LogP contribution is 2.52. The quantitative estimate of drug-likeness (QED) is 0.235. The van der Waals surface area contributed by atoms with E-state index in [0.29, 0.717) is 74.0 Å². The van der Waals surface area contributed by atoms with Gasteiger partial charge in [-0.3, -0.25) is 0 Å². The first kappa shape index (κ1) is 23.9. The third-order valence-corrected chi connectivity index (χ3v) is 8.42. The molecular formula is C27H18F6S2. The van der Waals surface area contributed by atoms with Gasteiger partial charge >= 0.3 is 12.4 Å². The average molecular weight is 521 g/mol. The van der Waals surface area contributed by atoms with Crippen LogP contribution in [0.2, 0.25) is 0 Å². The third kappa shape index (κ3) is 4.69. The van der Waals surface area contributed by atoms with Crippen molar-refractivity contribution in [2.75, 3.05) is 0 Å². The molecule has 0 fully saturated rings. The van der Waals surface area contributed by atoms with Gasteiger partial charge in [-0.25, -0.2) is 0 Å². The van der Waals surface area contributed by atoms with E-state index in [4.69, 9.17) is 0 Å². The number of thiophene rings is 2. The number of benzene rings is 2. The molecular weight excluding hydrogens is 502 g/mol. The van der Waals surface area contributed by atoms with Gasteiger partial charge in [0.2, 0.25) is 0 Å². The van der Waals surface area contributed by atoms with E-state index in [0.717, 1.165) is 0 Å². The first-order chi connectivity index (χ1) is 16.6.